The van der Waals surface area contributed by atoms with Gasteiger partial charge < -0.3 is 29.5 Å². The Balaban J connectivity index is 1.50. The predicted octanol–water partition coefficient (Wildman–Crippen LogP) is 5.87. The molecule has 11 heteroatoms. The van der Waals surface area contributed by atoms with Crippen molar-refractivity contribution in [3.63, 3.8) is 0 Å². The number of alkyl carbamates (subject to hydrolysis) is 1. The summed E-state index contributed by atoms with van der Waals surface area (Å²) in [6.45, 7) is 9.41. The molecule has 0 aromatic heterocycles. The van der Waals surface area contributed by atoms with Crippen LogP contribution in [0.4, 0.5) is 16.2 Å². The van der Waals surface area contributed by atoms with Crippen LogP contribution in [0, 0.1) is 18.8 Å². The number of aryl methyl sites for hydroxylation is 1. The number of ether oxygens (including phenoxy) is 3. The number of fused-ring (bicyclic) bond motifs is 5. The van der Waals surface area contributed by atoms with Gasteiger partial charge in [0.25, 0.3) is 0 Å². The molecule has 48 heavy (non-hydrogen) atoms. The summed E-state index contributed by atoms with van der Waals surface area (Å²) in [5, 5.41) is 17.7. The van der Waals surface area contributed by atoms with Crippen molar-refractivity contribution in [2.75, 3.05) is 24.3 Å². The van der Waals surface area contributed by atoms with E-state index in [1.807, 2.05) is 89.4 Å². The lowest BCUT2D eigenvalue weighted by molar-refractivity contribution is -0.153. The minimum atomic E-state index is -1.56. The number of aliphatic hydroxyl groups is 1. The number of epoxide rings is 1. The van der Waals surface area contributed by atoms with Gasteiger partial charge in [0, 0.05) is 38.0 Å². The molecule has 7 atom stereocenters. The second kappa shape index (κ2) is 13.9. The molecule has 2 aromatic carbocycles. The maximum Gasteiger partial charge on any atom is 0.409 e. The summed E-state index contributed by atoms with van der Waals surface area (Å²) in [6.07, 6.45) is 3.33. The van der Waals surface area contributed by atoms with Crippen LogP contribution in [0.2, 0.25) is 5.02 Å². The molecule has 10 nitrogen and oxygen atoms in total. The van der Waals surface area contributed by atoms with Gasteiger partial charge in [0.1, 0.15) is 23.5 Å². The number of hydrogen-bond acceptors (Lipinski definition) is 8. The minimum Gasteiger partial charge on any atom is -0.458 e. The topological polar surface area (TPSA) is 130 Å². The number of carbonyl (C=O) groups excluding carboxylic acids is 3. The second-order valence-electron chi connectivity index (χ2n) is 13.6. The zero-order valence-corrected chi connectivity index (χ0v) is 29.4. The summed E-state index contributed by atoms with van der Waals surface area (Å²) in [5.41, 5.74) is 2.46. The monoisotopic (exact) mass is 679 g/mol. The Bertz CT molecular complexity index is 1630. The normalized spacial score (nSPS) is 32.6. The molecule has 5 rings (SSSR count). The number of nitrogens with zero attached hydrogens (tertiary/aromatic N) is 1. The molecule has 0 saturated carbocycles. The minimum absolute atomic E-state index is 0.00507. The Labute approximate surface area is 287 Å². The van der Waals surface area contributed by atoms with Crippen LogP contribution in [-0.4, -0.2) is 66.8 Å². The fourth-order valence-electron chi connectivity index (χ4n) is 6.70. The highest BCUT2D eigenvalue weighted by molar-refractivity contribution is 6.34. The zero-order chi connectivity index (χ0) is 35.0. The molecule has 0 unspecified atom stereocenters. The van der Waals surface area contributed by atoms with Crippen LogP contribution in [0.1, 0.15) is 57.2 Å². The molecular weight excluding hydrogens is 634 g/mol. The number of anilines is 2. The molecule has 2 amide bonds. The molecular formula is C37H46ClN3O7. The van der Waals surface area contributed by atoms with E-state index < -0.39 is 53.5 Å². The highest BCUT2D eigenvalue weighted by Gasteiger charge is 2.64. The van der Waals surface area contributed by atoms with Crippen molar-refractivity contribution in [1.29, 1.82) is 0 Å². The maximum atomic E-state index is 14.0. The van der Waals surface area contributed by atoms with E-state index in [1.54, 1.807) is 14.0 Å². The lowest BCUT2D eigenvalue weighted by atomic mass is 9.82. The molecule has 3 heterocycles. The van der Waals surface area contributed by atoms with Crippen molar-refractivity contribution < 1.29 is 33.7 Å². The lowest BCUT2D eigenvalue weighted by Gasteiger charge is -2.41. The first-order valence-electron chi connectivity index (χ1n) is 16.4. The standard InChI is InChI=1S/C37H46ClN3O7/c1-21-9-8-10-23(3)37(45)20-29(46-35(44)40-37)24(4)34-36(5,48-34)30(47-32(43)18-25-11-13-27(39-6)14-12-25)19-31(42)41(7)28-17-26(15-21)16-22(2)33(28)38/h8-14,16-17,23-24,29-30,34,39,45H,15,18-20H2,1-7H3,(H,40,44)/b10-8+,21-9+/t23-,24-,29+,30+,34+,36+,37+/m1/s1. The van der Waals surface area contributed by atoms with Crippen molar-refractivity contribution in [3.05, 3.63) is 81.9 Å². The summed E-state index contributed by atoms with van der Waals surface area (Å²) >= 11 is 6.76. The lowest BCUT2D eigenvalue weighted by Crippen LogP contribution is -2.60. The smallest absolute Gasteiger partial charge is 0.409 e. The summed E-state index contributed by atoms with van der Waals surface area (Å²) in [5.74, 6) is -1.65. The number of nitrogens with one attached hydrogen (secondary N) is 2. The van der Waals surface area contributed by atoms with Crippen molar-refractivity contribution >= 4 is 40.9 Å². The van der Waals surface area contributed by atoms with Gasteiger partial charge in [0.15, 0.2) is 0 Å². The van der Waals surface area contributed by atoms with Crippen molar-refractivity contribution in [2.24, 2.45) is 11.8 Å². The number of carbonyl (C=O) groups is 3. The Morgan fingerprint density at radius 3 is 2.58 bits per heavy atom. The number of esters is 1. The van der Waals surface area contributed by atoms with Gasteiger partial charge in [0.05, 0.1) is 29.7 Å². The van der Waals surface area contributed by atoms with Gasteiger partial charge in [-0.2, -0.15) is 0 Å². The molecule has 2 saturated heterocycles. The molecule has 2 fully saturated rings. The third-order valence-corrected chi connectivity index (χ3v) is 10.4. The van der Waals surface area contributed by atoms with Gasteiger partial charge in [-0.1, -0.05) is 67.4 Å². The maximum absolute atomic E-state index is 14.0. The number of hydrogen-bond donors (Lipinski definition) is 3. The van der Waals surface area contributed by atoms with E-state index in [4.69, 9.17) is 25.8 Å². The van der Waals surface area contributed by atoms with Gasteiger partial charge in [0.2, 0.25) is 5.91 Å². The van der Waals surface area contributed by atoms with Gasteiger partial charge in [-0.25, -0.2) is 4.79 Å². The fraction of sp³-hybridized carbons (Fsp3) is 0.486. The number of benzene rings is 2. The van der Waals surface area contributed by atoms with Crippen LogP contribution >= 0.6 is 11.6 Å². The number of rotatable bonds is 4. The average Bonchev–Trinajstić information content (AvgIpc) is 3.73. The SMILES string of the molecule is CNc1ccc(CC(=O)O[C@H]2CC(=O)N(C)c3cc(cc(C)c3Cl)C/C(C)=C/C=C/[C@@H](C)[C@@]3(O)C[C@H](OC(=O)N3)[C@@H](C)[C@@H]3O[C@@]23C)cc1. The van der Waals surface area contributed by atoms with Crippen LogP contribution in [0.5, 0.6) is 0 Å². The van der Waals surface area contributed by atoms with Gasteiger partial charge in [-0.05, 0) is 62.1 Å². The Kier molecular flexibility index (Phi) is 10.3. The van der Waals surface area contributed by atoms with Crippen LogP contribution < -0.4 is 15.5 Å². The van der Waals surface area contributed by atoms with Crippen LogP contribution in [-0.2, 0) is 36.6 Å². The molecule has 258 valence electrons. The molecule has 0 radical (unpaired) electrons. The Morgan fingerprint density at radius 1 is 1.19 bits per heavy atom. The molecule has 0 spiro atoms. The van der Waals surface area contributed by atoms with Gasteiger partial charge in [-0.3, -0.25) is 14.9 Å². The van der Waals surface area contributed by atoms with Gasteiger partial charge >= 0.3 is 12.1 Å². The summed E-state index contributed by atoms with van der Waals surface area (Å²) in [7, 11) is 3.48. The number of halogens is 1. The highest BCUT2D eigenvalue weighted by atomic mass is 35.5. The molecule has 2 aromatic rings. The zero-order valence-electron chi connectivity index (χ0n) is 28.6. The number of allylic oxidation sites excluding steroid dienone is 3. The quantitative estimate of drug-likeness (QED) is 0.270. The van der Waals surface area contributed by atoms with Crippen molar-refractivity contribution in [3.8, 4) is 0 Å². The van der Waals surface area contributed by atoms with Crippen LogP contribution in [0.25, 0.3) is 0 Å². The number of amides is 2. The van der Waals surface area contributed by atoms with Gasteiger partial charge in [-0.15, -0.1) is 0 Å². The summed E-state index contributed by atoms with van der Waals surface area (Å²) in [6, 6.07) is 11.3. The van der Waals surface area contributed by atoms with E-state index in [1.165, 1.54) is 4.90 Å². The molecule has 0 aliphatic carbocycles. The third kappa shape index (κ3) is 7.56. The first-order chi connectivity index (χ1) is 22.6. The summed E-state index contributed by atoms with van der Waals surface area (Å²) < 4.78 is 18.0. The van der Waals surface area contributed by atoms with E-state index in [0.717, 1.165) is 28.0 Å². The molecule has 4 bridgehead atoms. The van der Waals surface area contributed by atoms with E-state index in [0.29, 0.717) is 17.1 Å². The van der Waals surface area contributed by atoms with Crippen LogP contribution in [0.15, 0.2) is 60.2 Å². The Hall–Kier alpha value is -3.86. The first kappa shape index (κ1) is 35.4. The summed E-state index contributed by atoms with van der Waals surface area (Å²) in [4.78, 5) is 41.6. The van der Waals surface area contributed by atoms with E-state index in [-0.39, 0.29) is 25.2 Å². The first-order valence-corrected chi connectivity index (χ1v) is 16.8. The Morgan fingerprint density at radius 2 is 1.90 bits per heavy atom. The van der Waals surface area contributed by atoms with Crippen molar-refractivity contribution in [2.45, 2.75) is 89.9 Å². The fourth-order valence-corrected chi connectivity index (χ4v) is 6.94. The highest BCUT2D eigenvalue weighted by Crippen LogP contribution is 2.49. The molecule has 3 N–H and O–H groups in total. The van der Waals surface area contributed by atoms with E-state index in [9.17, 15) is 19.5 Å². The molecule has 3 aliphatic heterocycles. The predicted molar refractivity (Wildman–Crippen MR) is 185 cm³/mol. The van der Waals surface area contributed by atoms with E-state index >= 15 is 0 Å². The van der Waals surface area contributed by atoms with Crippen molar-refractivity contribution in [1.82, 2.24) is 5.32 Å². The van der Waals surface area contributed by atoms with E-state index in [2.05, 4.69) is 10.6 Å². The third-order valence-electron chi connectivity index (χ3n) is 9.95. The second-order valence-corrected chi connectivity index (χ2v) is 14.0. The average molecular weight is 680 g/mol. The largest absolute Gasteiger partial charge is 0.458 e. The van der Waals surface area contributed by atoms with Crippen LogP contribution in [0.3, 0.4) is 0 Å². The molecule has 3 aliphatic rings.